The van der Waals surface area contributed by atoms with Gasteiger partial charge in [0.2, 0.25) is 0 Å². The van der Waals surface area contributed by atoms with Crippen LogP contribution in [0, 0.1) is 4.91 Å². The molecule has 0 atom stereocenters. The van der Waals surface area contributed by atoms with Crippen molar-refractivity contribution in [3.8, 4) is 0 Å². The molecule has 0 aromatic carbocycles. The van der Waals surface area contributed by atoms with Crippen molar-refractivity contribution in [1.29, 1.82) is 0 Å². The number of hydrogen-bond donors (Lipinski definition) is 0. The number of halogens is 1. The zero-order chi connectivity index (χ0) is 2.00. The zero-order valence-electron chi connectivity index (χ0n) is 1.62. The van der Waals surface area contributed by atoms with E-state index in [0.29, 0.717) is 0 Å². The van der Waals surface area contributed by atoms with Crippen molar-refractivity contribution in [2.45, 2.75) is 0 Å². The number of hydrogen-bond acceptors (Lipinski definition) is 1. The van der Waals surface area contributed by atoms with E-state index in [9.17, 15) is 0 Å². The predicted molar refractivity (Wildman–Crippen MR) is 14.0 cm³/mol. The first-order valence-corrected chi connectivity index (χ1v) is 0.183. The normalized spacial score (nSPS) is 1.00. The van der Waals surface area contributed by atoms with Crippen molar-refractivity contribution in [3.63, 3.8) is 0 Å². The van der Waals surface area contributed by atoms with Gasteiger partial charge in [-0.1, -0.05) is 0 Å². The average molecular weight is 168 g/mol. The van der Waals surface area contributed by atoms with Crippen LogP contribution in [0.15, 0.2) is 0 Å². The van der Waals surface area contributed by atoms with Gasteiger partial charge in [0, 0.05) is 0 Å². The van der Waals surface area contributed by atoms with E-state index in [4.69, 9.17) is 10.5 Å². The Labute approximate surface area is 42.9 Å². The van der Waals surface area contributed by atoms with Gasteiger partial charge < -0.3 is 10.5 Å². The molecular weight excluding hydrogens is 167 g/mol. The largest absolute Gasteiger partial charge is 1.00 e. The molecule has 4 heavy (non-hydrogen) atoms. The molecule has 0 aromatic rings. The third-order valence-electron chi connectivity index (χ3n) is 0. The van der Waals surface area contributed by atoms with Crippen LogP contribution in [-0.2, 0) is 19.5 Å². The number of rotatable bonds is 0. The van der Waals surface area contributed by atoms with Crippen molar-refractivity contribution < 1.29 is 19.5 Å². The molecule has 0 rings (SSSR count). The van der Waals surface area contributed by atoms with E-state index < -0.39 is 0 Å². The quantitative estimate of drug-likeness (QED) is 0.491. The maximum atomic E-state index is 7.25. The summed E-state index contributed by atoms with van der Waals surface area (Å²) in [6.45, 7) is 0. The Morgan fingerprint density at radius 3 is 1.25 bits per heavy atom. The molecular formula is HClNORu. The first kappa shape index (κ1) is 24.3. The Balaban J connectivity index is -0.00000000500. The fraction of sp³-hybridized carbons (Fsp3) is 0. The van der Waals surface area contributed by atoms with E-state index in [0.717, 1.165) is 0 Å². The number of nitrogens with zero attached hydrogens (tertiary/aromatic N) is 1. The van der Waals surface area contributed by atoms with E-state index in [2.05, 4.69) is 0 Å². The summed E-state index contributed by atoms with van der Waals surface area (Å²) in [7, 11) is 0. The van der Waals surface area contributed by atoms with Gasteiger partial charge in [-0.15, -0.1) is 12.4 Å². The second kappa shape index (κ2) is 84.2. The second-order valence-corrected chi connectivity index (χ2v) is 0. The van der Waals surface area contributed by atoms with Gasteiger partial charge in [-0.2, -0.15) is 0 Å². The Hall–Kier alpha value is 0.513. The number of nitroso groups, excluding NO2 is 1. The standard InChI is InChI=1S/ClH.NO.Ru/c;1-2;/h1H;;/q;-1;+1. The van der Waals surface area contributed by atoms with E-state index in [1.54, 1.807) is 0 Å². The fourth-order valence-electron chi connectivity index (χ4n) is 0. The van der Waals surface area contributed by atoms with E-state index >= 15 is 0 Å². The van der Waals surface area contributed by atoms with Gasteiger partial charge in [-0.3, -0.25) is 0 Å². The smallest absolute Gasteiger partial charge is 0.577 e. The molecule has 0 saturated heterocycles. The molecule has 4 heteroatoms. The van der Waals surface area contributed by atoms with Crippen LogP contribution in [0.1, 0.15) is 0 Å². The first-order valence-electron chi connectivity index (χ1n) is 0.183. The molecule has 0 spiro atoms. The SMILES string of the molecule is Cl.[N-]=O.[Ru+]. The van der Waals surface area contributed by atoms with Crippen molar-refractivity contribution in [2.75, 3.05) is 0 Å². The molecule has 0 aliphatic heterocycles. The summed E-state index contributed by atoms with van der Waals surface area (Å²) < 4.78 is 0. The fourth-order valence-corrected chi connectivity index (χ4v) is 0. The molecule has 0 bridgehead atoms. The zero-order valence-corrected chi connectivity index (χ0v) is 4.17. The summed E-state index contributed by atoms with van der Waals surface area (Å²) in [5.74, 6) is 0. The summed E-state index contributed by atoms with van der Waals surface area (Å²) in [5, 5.41) is 0. The van der Waals surface area contributed by atoms with Crippen molar-refractivity contribution in [2.24, 2.45) is 0 Å². The maximum absolute atomic E-state index is 7.25. The van der Waals surface area contributed by atoms with Crippen LogP contribution in [0.3, 0.4) is 0 Å². The summed E-state index contributed by atoms with van der Waals surface area (Å²) in [5.41, 5.74) is 5.75. The minimum atomic E-state index is 0. The molecule has 1 radical (unpaired) electrons. The molecule has 27 valence electrons. The minimum absolute atomic E-state index is 0. The van der Waals surface area contributed by atoms with Crippen LogP contribution in [0.5, 0.6) is 0 Å². The molecule has 0 aliphatic rings. The Morgan fingerprint density at radius 1 is 1.25 bits per heavy atom. The van der Waals surface area contributed by atoms with Crippen LogP contribution in [0.25, 0.3) is 5.59 Å². The monoisotopic (exact) mass is 168 g/mol. The molecule has 0 N–H and O–H groups in total. The third kappa shape index (κ3) is 21.8. The van der Waals surface area contributed by atoms with Crippen LogP contribution < -0.4 is 0 Å². The van der Waals surface area contributed by atoms with Crippen LogP contribution in [0.4, 0.5) is 0 Å². The molecule has 0 aromatic heterocycles. The molecule has 0 saturated carbocycles. The minimum Gasteiger partial charge on any atom is -0.577 e. The summed E-state index contributed by atoms with van der Waals surface area (Å²) in [4.78, 5) is 7.25. The molecule has 2 nitrogen and oxygen atoms in total. The summed E-state index contributed by atoms with van der Waals surface area (Å²) in [6.07, 6.45) is 0. The van der Waals surface area contributed by atoms with Gasteiger partial charge in [-0.25, -0.2) is 0 Å². The van der Waals surface area contributed by atoms with Crippen molar-refractivity contribution >= 4 is 12.4 Å². The topological polar surface area (TPSA) is 39.4 Å². The van der Waals surface area contributed by atoms with E-state index in [1.807, 2.05) is 0 Å². The van der Waals surface area contributed by atoms with E-state index in [-0.39, 0.29) is 31.9 Å². The average Bonchev–Trinajstić information content (AvgIpc) is 1.00. The summed E-state index contributed by atoms with van der Waals surface area (Å²) in [6, 6.07) is 0. The Morgan fingerprint density at radius 2 is 1.25 bits per heavy atom. The second-order valence-electron chi connectivity index (χ2n) is 0. The molecule has 0 heterocycles. The van der Waals surface area contributed by atoms with Gasteiger partial charge in [-0.05, 0) is 0 Å². The Bertz CT molecular complexity index is 8.00. The molecule has 0 fully saturated rings. The van der Waals surface area contributed by atoms with Gasteiger partial charge >= 0.3 is 19.5 Å². The van der Waals surface area contributed by atoms with Gasteiger partial charge in [0.1, 0.15) is 0 Å². The van der Waals surface area contributed by atoms with Crippen LogP contribution >= 0.6 is 12.4 Å². The predicted octanol–water partition coefficient (Wildman–Crippen LogP) is 0.742. The van der Waals surface area contributed by atoms with E-state index in [1.165, 1.54) is 0 Å². The van der Waals surface area contributed by atoms with Gasteiger partial charge in [0.05, 0.1) is 0 Å². The first-order chi connectivity index (χ1) is 1.00. The van der Waals surface area contributed by atoms with Crippen molar-refractivity contribution in [1.82, 2.24) is 0 Å². The molecule has 0 unspecified atom stereocenters. The molecule has 0 aliphatic carbocycles. The third-order valence-corrected chi connectivity index (χ3v) is 0. The summed E-state index contributed by atoms with van der Waals surface area (Å²) >= 11 is 0. The van der Waals surface area contributed by atoms with Crippen LogP contribution in [-0.4, -0.2) is 0 Å². The Kier molecular flexibility index (Phi) is 512. The van der Waals surface area contributed by atoms with Gasteiger partial charge in [0.15, 0.2) is 0 Å². The van der Waals surface area contributed by atoms with Crippen LogP contribution in [0.2, 0.25) is 0 Å². The molecule has 0 amide bonds. The van der Waals surface area contributed by atoms with Gasteiger partial charge in [0.25, 0.3) is 0 Å². The maximum Gasteiger partial charge on any atom is 1.00 e. The van der Waals surface area contributed by atoms with Crippen molar-refractivity contribution in [3.05, 3.63) is 10.5 Å².